The number of nitro benzene ring substituents is 1. The van der Waals surface area contributed by atoms with Gasteiger partial charge in [0.25, 0.3) is 5.69 Å². The van der Waals surface area contributed by atoms with Crippen molar-refractivity contribution in [2.24, 2.45) is 0 Å². The Morgan fingerprint density at radius 1 is 1.38 bits per heavy atom. The zero-order valence-corrected chi connectivity index (χ0v) is 12.5. The van der Waals surface area contributed by atoms with Crippen molar-refractivity contribution in [3.8, 4) is 11.4 Å². The highest BCUT2D eigenvalue weighted by atomic mass is 35.5. The standard InChI is InChI=1S/C13H15ClN4O3/c1-9-5-10(7-11(6-9)18(19)20)13-16-15-12(8-14)17(13)3-4-21-2/h5-7H,3-4,8H2,1-2H3. The van der Waals surface area contributed by atoms with Gasteiger partial charge in [0.15, 0.2) is 5.82 Å². The maximum atomic E-state index is 11.0. The van der Waals surface area contributed by atoms with Crippen LogP contribution >= 0.6 is 11.6 Å². The molecule has 1 aromatic carbocycles. The lowest BCUT2D eigenvalue weighted by molar-refractivity contribution is -0.384. The second-order valence-electron chi connectivity index (χ2n) is 4.53. The zero-order chi connectivity index (χ0) is 15.4. The van der Waals surface area contributed by atoms with Gasteiger partial charge in [0.1, 0.15) is 5.82 Å². The Kier molecular flexibility index (Phi) is 4.87. The highest BCUT2D eigenvalue weighted by Crippen LogP contribution is 2.25. The molecule has 7 nitrogen and oxygen atoms in total. The molecule has 0 fully saturated rings. The SMILES string of the molecule is COCCn1c(CCl)nnc1-c1cc(C)cc([N+](=O)[O-])c1. The van der Waals surface area contributed by atoms with Crippen LogP contribution in [-0.2, 0) is 17.2 Å². The summed E-state index contributed by atoms with van der Waals surface area (Å²) >= 11 is 5.85. The summed E-state index contributed by atoms with van der Waals surface area (Å²) < 4.78 is 6.88. The van der Waals surface area contributed by atoms with E-state index in [1.54, 1.807) is 14.0 Å². The van der Waals surface area contributed by atoms with Gasteiger partial charge < -0.3 is 9.30 Å². The largest absolute Gasteiger partial charge is 0.383 e. The molecule has 0 amide bonds. The number of hydrogen-bond donors (Lipinski definition) is 0. The van der Waals surface area contributed by atoms with Gasteiger partial charge in [0.05, 0.1) is 17.4 Å². The molecular weight excluding hydrogens is 296 g/mol. The normalized spacial score (nSPS) is 10.8. The van der Waals surface area contributed by atoms with E-state index in [2.05, 4.69) is 10.2 Å². The summed E-state index contributed by atoms with van der Waals surface area (Å²) in [5.41, 5.74) is 1.45. The van der Waals surface area contributed by atoms with Crippen LogP contribution in [-0.4, -0.2) is 33.4 Å². The Bertz CT molecular complexity index is 657. The average Bonchev–Trinajstić information content (AvgIpc) is 2.87. The minimum Gasteiger partial charge on any atom is -0.383 e. The first-order valence-electron chi connectivity index (χ1n) is 6.30. The van der Waals surface area contributed by atoms with Crippen molar-refractivity contribution in [3.63, 3.8) is 0 Å². The number of non-ortho nitro benzene ring substituents is 1. The Labute approximate surface area is 126 Å². The third-order valence-electron chi connectivity index (χ3n) is 3.00. The molecule has 1 heterocycles. The van der Waals surface area contributed by atoms with E-state index in [1.807, 2.05) is 10.6 Å². The second kappa shape index (κ2) is 6.64. The molecule has 8 heteroatoms. The molecule has 0 aliphatic carbocycles. The maximum absolute atomic E-state index is 11.0. The smallest absolute Gasteiger partial charge is 0.270 e. The molecule has 0 saturated heterocycles. The molecule has 2 aromatic rings. The van der Waals surface area contributed by atoms with Crippen molar-refractivity contribution >= 4 is 17.3 Å². The van der Waals surface area contributed by atoms with E-state index in [4.69, 9.17) is 16.3 Å². The number of methoxy groups -OCH3 is 1. The van der Waals surface area contributed by atoms with Crippen LogP contribution in [0.5, 0.6) is 0 Å². The van der Waals surface area contributed by atoms with Crippen LogP contribution in [0.3, 0.4) is 0 Å². The summed E-state index contributed by atoms with van der Waals surface area (Å²) in [5.74, 6) is 1.37. The number of aromatic nitrogens is 3. The molecule has 1 aromatic heterocycles. The van der Waals surface area contributed by atoms with Crippen molar-refractivity contribution in [1.82, 2.24) is 14.8 Å². The van der Waals surface area contributed by atoms with Crippen molar-refractivity contribution in [1.29, 1.82) is 0 Å². The van der Waals surface area contributed by atoms with Gasteiger partial charge >= 0.3 is 0 Å². The fraction of sp³-hybridized carbons (Fsp3) is 0.385. The molecule has 0 aliphatic heterocycles. The quantitative estimate of drug-likeness (QED) is 0.465. The lowest BCUT2D eigenvalue weighted by Gasteiger charge is -2.09. The summed E-state index contributed by atoms with van der Waals surface area (Å²) in [7, 11) is 1.60. The van der Waals surface area contributed by atoms with Crippen LogP contribution in [0.1, 0.15) is 11.4 Å². The van der Waals surface area contributed by atoms with Gasteiger partial charge in [-0.25, -0.2) is 0 Å². The summed E-state index contributed by atoms with van der Waals surface area (Å²) in [4.78, 5) is 10.6. The van der Waals surface area contributed by atoms with E-state index >= 15 is 0 Å². The second-order valence-corrected chi connectivity index (χ2v) is 4.80. The summed E-state index contributed by atoms with van der Waals surface area (Å²) in [5, 5.41) is 19.1. The predicted molar refractivity (Wildman–Crippen MR) is 78.3 cm³/mol. The first-order chi connectivity index (χ1) is 10.1. The van der Waals surface area contributed by atoms with Crippen molar-refractivity contribution < 1.29 is 9.66 Å². The van der Waals surface area contributed by atoms with Gasteiger partial charge in [-0.05, 0) is 18.6 Å². The molecule has 21 heavy (non-hydrogen) atoms. The molecule has 0 saturated carbocycles. The van der Waals surface area contributed by atoms with Gasteiger partial charge in [-0.3, -0.25) is 10.1 Å². The molecule has 0 unspecified atom stereocenters. The minimum atomic E-state index is -0.422. The summed E-state index contributed by atoms with van der Waals surface area (Å²) in [6.07, 6.45) is 0. The predicted octanol–water partition coefficient (Wildman–Crippen LogP) is 2.55. The molecule has 0 bridgehead atoms. The number of halogens is 1. The first kappa shape index (κ1) is 15.4. The van der Waals surface area contributed by atoms with Gasteiger partial charge in [0, 0.05) is 31.4 Å². The fourth-order valence-electron chi connectivity index (χ4n) is 2.06. The van der Waals surface area contributed by atoms with E-state index in [1.165, 1.54) is 12.1 Å². The highest BCUT2D eigenvalue weighted by molar-refractivity contribution is 6.16. The lowest BCUT2D eigenvalue weighted by Crippen LogP contribution is -2.09. The van der Waals surface area contributed by atoms with E-state index in [-0.39, 0.29) is 11.6 Å². The topological polar surface area (TPSA) is 83.1 Å². The molecule has 0 aliphatic rings. The minimum absolute atomic E-state index is 0.0266. The number of hydrogen-bond acceptors (Lipinski definition) is 5. The van der Waals surface area contributed by atoms with Gasteiger partial charge in [-0.15, -0.1) is 21.8 Å². The number of alkyl halides is 1. The molecule has 2 rings (SSSR count). The fourth-order valence-corrected chi connectivity index (χ4v) is 2.26. The zero-order valence-electron chi connectivity index (χ0n) is 11.7. The average molecular weight is 311 g/mol. The molecule has 0 atom stereocenters. The van der Waals surface area contributed by atoms with E-state index < -0.39 is 4.92 Å². The number of rotatable bonds is 6. The summed E-state index contributed by atoms with van der Waals surface area (Å²) in [6.45, 7) is 2.81. The Hall–Kier alpha value is -1.99. The van der Waals surface area contributed by atoms with Crippen LogP contribution in [0.15, 0.2) is 18.2 Å². The van der Waals surface area contributed by atoms with Crippen LogP contribution < -0.4 is 0 Å². The van der Waals surface area contributed by atoms with Crippen LogP contribution in [0.2, 0.25) is 0 Å². The maximum Gasteiger partial charge on any atom is 0.270 e. The number of nitro groups is 1. The van der Waals surface area contributed by atoms with Gasteiger partial charge in [0.2, 0.25) is 0 Å². The Balaban J connectivity index is 2.50. The molecule has 0 N–H and O–H groups in total. The Morgan fingerprint density at radius 3 is 2.76 bits per heavy atom. The third kappa shape index (κ3) is 3.37. The van der Waals surface area contributed by atoms with E-state index in [0.717, 1.165) is 5.56 Å². The lowest BCUT2D eigenvalue weighted by atomic mass is 10.1. The number of benzene rings is 1. The molecule has 0 radical (unpaired) electrons. The number of aryl methyl sites for hydroxylation is 1. The van der Waals surface area contributed by atoms with Crippen molar-refractivity contribution in [2.75, 3.05) is 13.7 Å². The Morgan fingerprint density at radius 2 is 2.14 bits per heavy atom. The molecule has 0 spiro atoms. The first-order valence-corrected chi connectivity index (χ1v) is 6.83. The van der Waals surface area contributed by atoms with Gasteiger partial charge in [-0.2, -0.15) is 0 Å². The number of nitrogens with zero attached hydrogens (tertiary/aromatic N) is 4. The highest BCUT2D eigenvalue weighted by Gasteiger charge is 2.16. The molecular formula is C13H15ClN4O3. The van der Waals surface area contributed by atoms with Crippen LogP contribution in [0.25, 0.3) is 11.4 Å². The van der Waals surface area contributed by atoms with Crippen LogP contribution in [0.4, 0.5) is 5.69 Å². The summed E-state index contributed by atoms with van der Waals surface area (Å²) in [6, 6.07) is 4.83. The molecule has 112 valence electrons. The number of ether oxygens (including phenoxy) is 1. The van der Waals surface area contributed by atoms with Crippen molar-refractivity contribution in [2.45, 2.75) is 19.3 Å². The van der Waals surface area contributed by atoms with E-state index in [0.29, 0.717) is 30.4 Å². The van der Waals surface area contributed by atoms with E-state index in [9.17, 15) is 10.1 Å². The van der Waals surface area contributed by atoms with Crippen molar-refractivity contribution in [3.05, 3.63) is 39.7 Å². The van der Waals surface area contributed by atoms with Gasteiger partial charge in [-0.1, -0.05) is 0 Å². The van der Waals surface area contributed by atoms with Crippen LogP contribution in [0, 0.1) is 17.0 Å². The third-order valence-corrected chi connectivity index (χ3v) is 3.24. The monoisotopic (exact) mass is 310 g/mol.